The number of aryl methyl sites for hydroxylation is 1. The Balaban J connectivity index is 1.38. The Morgan fingerprint density at radius 3 is 3.09 bits per heavy atom. The molecule has 3 heterocycles. The second-order valence-electron chi connectivity index (χ2n) is 5.47. The Bertz CT molecular complexity index is 749. The van der Waals surface area contributed by atoms with E-state index in [1.807, 2.05) is 22.9 Å². The Morgan fingerprint density at radius 2 is 2.18 bits per heavy atom. The Kier molecular flexibility index (Phi) is 3.70. The van der Waals surface area contributed by atoms with E-state index < -0.39 is 0 Å². The molecule has 0 amide bonds. The predicted molar refractivity (Wildman–Crippen MR) is 86.5 cm³/mol. The van der Waals surface area contributed by atoms with Gasteiger partial charge in [-0.25, -0.2) is 14.6 Å². The Labute approximate surface area is 133 Å². The molecule has 2 aromatic heterocycles. The van der Waals surface area contributed by atoms with Gasteiger partial charge < -0.3 is 5.32 Å². The van der Waals surface area contributed by atoms with Gasteiger partial charge in [0, 0.05) is 30.0 Å². The van der Waals surface area contributed by atoms with Crippen LogP contribution in [0.25, 0.3) is 11.3 Å². The van der Waals surface area contributed by atoms with Crippen molar-refractivity contribution in [2.75, 3.05) is 0 Å². The molecule has 6 heteroatoms. The van der Waals surface area contributed by atoms with Crippen LogP contribution in [0.1, 0.15) is 17.3 Å². The molecule has 5 nitrogen and oxygen atoms in total. The maximum atomic E-state index is 4.72. The van der Waals surface area contributed by atoms with Crippen LogP contribution < -0.4 is 5.32 Å². The topological polar surface area (TPSA) is 55.6 Å². The van der Waals surface area contributed by atoms with E-state index in [1.165, 1.54) is 5.56 Å². The van der Waals surface area contributed by atoms with Gasteiger partial charge in [-0.05, 0) is 6.42 Å². The van der Waals surface area contributed by atoms with Crippen LogP contribution in [0.4, 0.5) is 0 Å². The molecule has 1 aliphatic heterocycles. The minimum absolute atomic E-state index is 0.443. The number of nitrogens with zero attached hydrogens (tertiary/aromatic N) is 4. The van der Waals surface area contributed by atoms with Crippen LogP contribution in [0.15, 0.2) is 42.0 Å². The van der Waals surface area contributed by atoms with E-state index in [2.05, 4.69) is 32.9 Å². The van der Waals surface area contributed by atoms with E-state index in [1.54, 1.807) is 17.7 Å². The fourth-order valence-electron chi connectivity index (χ4n) is 2.77. The van der Waals surface area contributed by atoms with Crippen LogP contribution in [0, 0.1) is 0 Å². The van der Waals surface area contributed by atoms with Crippen LogP contribution in [-0.4, -0.2) is 25.8 Å². The number of hydrogen-bond acceptors (Lipinski definition) is 5. The van der Waals surface area contributed by atoms with E-state index in [0.717, 1.165) is 42.5 Å². The lowest BCUT2D eigenvalue weighted by molar-refractivity contribution is 0.358. The first kappa shape index (κ1) is 13.6. The summed E-state index contributed by atoms with van der Waals surface area (Å²) in [6.45, 7) is 1.71. The van der Waals surface area contributed by atoms with E-state index in [-0.39, 0.29) is 0 Å². The molecule has 4 rings (SSSR count). The smallest absolute Gasteiger partial charge is 0.138 e. The molecule has 1 N–H and O–H groups in total. The van der Waals surface area contributed by atoms with Gasteiger partial charge in [-0.1, -0.05) is 30.3 Å². The lowest BCUT2D eigenvalue weighted by Crippen LogP contribution is -2.37. The molecular weight excluding hydrogens is 294 g/mol. The zero-order valence-electron chi connectivity index (χ0n) is 12.1. The van der Waals surface area contributed by atoms with Crippen molar-refractivity contribution in [1.82, 2.24) is 25.1 Å². The number of benzene rings is 1. The van der Waals surface area contributed by atoms with Crippen molar-refractivity contribution in [3.05, 3.63) is 52.9 Å². The summed E-state index contributed by atoms with van der Waals surface area (Å²) >= 11 is 1.71. The average molecular weight is 311 g/mol. The third-order valence-corrected chi connectivity index (χ3v) is 4.82. The second kappa shape index (κ2) is 5.98. The molecule has 3 aromatic rings. The molecule has 0 saturated carbocycles. The van der Waals surface area contributed by atoms with Crippen LogP contribution in [0.3, 0.4) is 0 Å². The predicted octanol–water partition coefficient (Wildman–Crippen LogP) is 2.51. The minimum Gasteiger partial charge on any atom is -0.306 e. The monoisotopic (exact) mass is 311 g/mol. The molecule has 112 valence electrons. The lowest BCUT2D eigenvalue weighted by atomic mass is 10.1. The molecule has 0 fully saturated rings. The number of rotatable bonds is 4. The van der Waals surface area contributed by atoms with Gasteiger partial charge in [-0.2, -0.15) is 5.10 Å². The van der Waals surface area contributed by atoms with Gasteiger partial charge in [0.05, 0.1) is 12.2 Å². The molecule has 22 heavy (non-hydrogen) atoms. The molecule has 0 saturated heterocycles. The van der Waals surface area contributed by atoms with Gasteiger partial charge in [-0.3, -0.25) is 0 Å². The number of nitrogens with one attached hydrogen (secondary N) is 1. The van der Waals surface area contributed by atoms with Crippen molar-refractivity contribution in [3.8, 4) is 11.3 Å². The highest BCUT2D eigenvalue weighted by molar-refractivity contribution is 7.09. The van der Waals surface area contributed by atoms with Crippen molar-refractivity contribution in [1.29, 1.82) is 0 Å². The van der Waals surface area contributed by atoms with E-state index in [9.17, 15) is 0 Å². The fourth-order valence-corrected chi connectivity index (χ4v) is 3.52. The van der Waals surface area contributed by atoms with Crippen LogP contribution in [0.2, 0.25) is 0 Å². The molecule has 0 aliphatic carbocycles. The van der Waals surface area contributed by atoms with E-state index in [4.69, 9.17) is 4.98 Å². The molecule has 0 radical (unpaired) electrons. The number of aromatic nitrogens is 4. The van der Waals surface area contributed by atoms with Gasteiger partial charge in [-0.15, -0.1) is 11.3 Å². The largest absolute Gasteiger partial charge is 0.306 e. The van der Waals surface area contributed by atoms with Crippen LogP contribution in [-0.2, 0) is 19.5 Å². The molecule has 0 bridgehead atoms. The van der Waals surface area contributed by atoms with Crippen LogP contribution in [0.5, 0.6) is 0 Å². The molecule has 0 spiro atoms. The van der Waals surface area contributed by atoms with Crippen molar-refractivity contribution in [3.63, 3.8) is 0 Å². The third-order valence-electron chi connectivity index (χ3n) is 3.97. The first-order chi connectivity index (χ1) is 10.9. The molecule has 0 unspecified atom stereocenters. The lowest BCUT2D eigenvalue weighted by Gasteiger charge is -2.23. The van der Waals surface area contributed by atoms with Crippen molar-refractivity contribution >= 4 is 11.3 Å². The van der Waals surface area contributed by atoms with Crippen molar-refractivity contribution < 1.29 is 0 Å². The van der Waals surface area contributed by atoms with E-state index in [0.29, 0.717) is 6.04 Å². The van der Waals surface area contributed by atoms with Crippen molar-refractivity contribution in [2.45, 2.75) is 32.0 Å². The first-order valence-corrected chi connectivity index (χ1v) is 8.36. The first-order valence-electron chi connectivity index (χ1n) is 7.48. The zero-order valence-corrected chi connectivity index (χ0v) is 13.0. The highest BCUT2D eigenvalue weighted by atomic mass is 32.1. The third kappa shape index (κ3) is 2.80. The van der Waals surface area contributed by atoms with Crippen molar-refractivity contribution in [2.24, 2.45) is 0 Å². The molecule has 1 aliphatic rings. The quantitative estimate of drug-likeness (QED) is 0.804. The standard InChI is InChI=1S/C16H17N5S/c1-2-4-12(5-3-1)14-10-22-16(20-14)8-17-13-6-7-15-18-11-19-21(15)9-13/h1-5,10-11,13,17H,6-9H2/t13-/m1/s1. The summed E-state index contributed by atoms with van der Waals surface area (Å²) in [7, 11) is 0. The molecule has 1 aromatic carbocycles. The summed E-state index contributed by atoms with van der Waals surface area (Å²) in [4.78, 5) is 8.98. The van der Waals surface area contributed by atoms with Gasteiger partial charge in [0.2, 0.25) is 0 Å². The second-order valence-corrected chi connectivity index (χ2v) is 6.41. The summed E-state index contributed by atoms with van der Waals surface area (Å²) in [6.07, 6.45) is 3.74. The fraction of sp³-hybridized carbons (Fsp3) is 0.312. The van der Waals surface area contributed by atoms with Crippen LogP contribution >= 0.6 is 11.3 Å². The normalized spacial score (nSPS) is 17.4. The Morgan fingerprint density at radius 1 is 1.27 bits per heavy atom. The Hall–Kier alpha value is -2.05. The maximum Gasteiger partial charge on any atom is 0.138 e. The average Bonchev–Trinajstić information content (AvgIpc) is 3.22. The number of hydrogen-bond donors (Lipinski definition) is 1. The van der Waals surface area contributed by atoms with Gasteiger partial charge in [0.25, 0.3) is 0 Å². The zero-order chi connectivity index (χ0) is 14.8. The summed E-state index contributed by atoms with van der Waals surface area (Å²) in [5.41, 5.74) is 2.24. The summed E-state index contributed by atoms with van der Waals surface area (Å²) < 4.78 is 2.00. The number of fused-ring (bicyclic) bond motifs is 1. The van der Waals surface area contributed by atoms with Gasteiger partial charge >= 0.3 is 0 Å². The SMILES string of the molecule is c1ccc(-c2csc(CN[C@@H]3CCc4ncnn4C3)n2)cc1. The highest BCUT2D eigenvalue weighted by Gasteiger charge is 2.19. The summed E-state index contributed by atoms with van der Waals surface area (Å²) in [5.74, 6) is 1.10. The molecule has 1 atom stereocenters. The van der Waals surface area contributed by atoms with E-state index >= 15 is 0 Å². The summed E-state index contributed by atoms with van der Waals surface area (Å²) in [6, 6.07) is 10.8. The molecular formula is C16H17N5S. The number of thiazole rings is 1. The maximum absolute atomic E-state index is 4.72. The highest BCUT2D eigenvalue weighted by Crippen LogP contribution is 2.21. The van der Waals surface area contributed by atoms with Gasteiger partial charge in [0.1, 0.15) is 17.2 Å². The minimum atomic E-state index is 0.443. The summed E-state index contributed by atoms with van der Waals surface area (Å²) in [5, 5.41) is 11.1. The van der Waals surface area contributed by atoms with Gasteiger partial charge in [0.15, 0.2) is 0 Å².